The fourth-order valence-corrected chi connectivity index (χ4v) is 1.67. The third-order valence-electron chi connectivity index (χ3n) is 2.81. The van der Waals surface area contributed by atoms with E-state index in [2.05, 4.69) is 20.8 Å². The van der Waals surface area contributed by atoms with Gasteiger partial charge in [-0.2, -0.15) is 0 Å². The van der Waals surface area contributed by atoms with Crippen molar-refractivity contribution in [1.82, 2.24) is 15.5 Å². The Kier molecular flexibility index (Phi) is 3.73. The average Bonchev–Trinajstić information content (AvgIpc) is 2.83. The number of nitrogens with zero attached hydrogens (tertiary/aromatic N) is 2. The number of ether oxygens (including phenoxy) is 1. The van der Waals surface area contributed by atoms with Crippen molar-refractivity contribution in [2.24, 2.45) is 0 Å². The average molecular weight is 252 g/mol. The highest BCUT2D eigenvalue weighted by molar-refractivity contribution is 5.91. The van der Waals surface area contributed by atoms with Gasteiger partial charge in [-0.15, -0.1) is 10.2 Å². The lowest BCUT2D eigenvalue weighted by Crippen LogP contribution is -2.37. The molecule has 7 heteroatoms. The van der Waals surface area contributed by atoms with Gasteiger partial charge in [0.1, 0.15) is 11.4 Å². The molecule has 7 nitrogen and oxygen atoms in total. The molecular weight excluding hydrogens is 236 g/mol. The molecule has 0 bridgehead atoms. The van der Waals surface area contributed by atoms with Gasteiger partial charge in [0, 0.05) is 26.6 Å². The Labute approximate surface area is 105 Å². The molecule has 18 heavy (non-hydrogen) atoms. The Hall–Kier alpha value is -1.73. The molecular formula is C11H16N4O3. The molecule has 98 valence electrons. The summed E-state index contributed by atoms with van der Waals surface area (Å²) in [6, 6.07) is 3.22. The summed E-state index contributed by atoms with van der Waals surface area (Å²) < 4.78 is 5.13. The smallest absolute Gasteiger partial charge is 0.271 e. The van der Waals surface area contributed by atoms with Crippen LogP contribution in [0.2, 0.25) is 0 Å². The molecule has 1 unspecified atom stereocenters. The van der Waals surface area contributed by atoms with Crippen molar-refractivity contribution in [2.75, 3.05) is 32.1 Å². The molecule has 1 aromatic rings. The van der Waals surface area contributed by atoms with Gasteiger partial charge in [-0.1, -0.05) is 0 Å². The molecule has 2 heterocycles. The van der Waals surface area contributed by atoms with Gasteiger partial charge in [-0.25, -0.2) is 0 Å². The van der Waals surface area contributed by atoms with Crippen LogP contribution in [0, 0.1) is 0 Å². The van der Waals surface area contributed by atoms with E-state index in [0.717, 1.165) is 0 Å². The Bertz CT molecular complexity index is 415. The molecule has 1 atom stereocenters. The number of rotatable bonds is 4. The molecule has 2 rings (SSSR count). The van der Waals surface area contributed by atoms with E-state index in [-0.39, 0.29) is 11.6 Å². The van der Waals surface area contributed by atoms with Crippen LogP contribution in [-0.2, 0) is 4.74 Å². The van der Waals surface area contributed by atoms with E-state index in [4.69, 9.17) is 4.74 Å². The lowest BCUT2D eigenvalue weighted by molar-refractivity contribution is 0.0381. The number of carbonyl (C=O) groups is 1. The first-order chi connectivity index (χ1) is 8.63. The van der Waals surface area contributed by atoms with Crippen LogP contribution in [0.15, 0.2) is 12.1 Å². The lowest BCUT2D eigenvalue weighted by Gasteiger charge is -2.20. The molecule has 1 fully saturated rings. The first-order valence-electron chi connectivity index (χ1n) is 5.73. The number of aromatic nitrogens is 2. The summed E-state index contributed by atoms with van der Waals surface area (Å²) in [5.74, 6) is 0.236. The maximum absolute atomic E-state index is 11.3. The summed E-state index contributed by atoms with van der Waals surface area (Å²) in [5.41, 5.74) is -0.591. The number of nitrogens with one attached hydrogen (secondary N) is 2. The SMILES string of the molecule is CNC(=O)c1ccc(NCC2(O)CCOC2)nn1. The molecule has 0 aliphatic carbocycles. The summed E-state index contributed by atoms with van der Waals surface area (Å²) in [4.78, 5) is 11.3. The van der Waals surface area contributed by atoms with E-state index in [9.17, 15) is 9.90 Å². The summed E-state index contributed by atoms with van der Waals surface area (Å²) in [5, 5.41) is 23.1. The third kappa shape index (κ3) is 2.93. The van der Waals surface area contributed by atoms with Gasteiger partial charge in [-0.3, -0.25) is 4.79 Å². The lowest BCUT2D eigenvalue weighted by atomic mass is 10.0. The van der Waals surface area contributed by atoms with Crippen molar-refractivity contribution in [2.45, 2.75) is 12.0 Å². The largest absolute Gasteiger partial charge is 0.386 e. The van der Waals surface area contributed by atoms with Crippen molar-refractivity contribution in [3.63, 3.8) is 0 Å². The number of carbonyl (C=O) groups excluding carboxylic acids is 1. The normalized spacial score (nSPS) is 22.8. The number of anilines is 1. The van der Waals surface area contributed by atoms with E-state index in [1.807, 2.05) is 0 Å². The summed E-state index contributed by atoms with van der Waals surface area (Å²) >= 11 is 0. The van der Waals surface area contributed by atoms with Crippen LogP contribution in [-0.4, -0.2) is 53.6 Å². The Morgan fingerprint density at radius 2 is 2.39 bits per heavy atom. The van der Waals surface area contributed by atoms with E-state index in [1.165, 1.54) is 7.05 Å². The van der Waals surface area contributed by atoms with Crippen molar-refractivity contribution in [3.05, 3.63) is 17.8 Å². The highest BCUT2D eigenvalue weighted by Gasteiger charge is 2.31. The molecule has 1 amide bonds. The van der Waals surface area contributed by atoms with Gasteiger partial charge < -0.3 is 20.5 Å². The van der Waals surface area contributed by atoms with Crippen LogP contribution in [0.5, 0.6) is 0 Å². The Morgan fingerprint density at radius 3 is 2.94 bits per heavy atom. The minimum Gasteiger partial charge on any atom is -0.386 e. The van der Waals surface area contributed by atoms with Crippen molar-refractivity contribution >= 4 is 11.7 Å². The van der Waals surface area contributed by atoms with E-state index >= 15 is 0 Å². The zero-order valence-electron chi connectivity index (χ0n) is 10.1. The van der Waals surface area contributed by atoms with Gasteiger partial charge in [0.05, 0.1) is 6.61 Å². The topological polar surface area (TPSA) is 96.4 Å². The predicted molar refractivity (Wildman–Crippen MR) is 64.3 cm³/mol. The fourth-order valence-electron chi connectivity index (χ4n) is 1.67. The first-order valence-corrected chi connectivity index (χ1v) is 5.73. The highest BCUT2D eigenvalue weighted by atomic mass is 16.5. The molecule has 0 radical (unpaired) electrons. The Morgan fingerprint density at radius 1 is 1.56 bits per heavy atom. The second-order valence-corrected chi connectivity index (χ2v) is 4.26. The number of hydrogen-bond acceptors (Lipinski definition) is 6. The van der Waals surface area contributed by atoms with E-state index < -0.39 is 5.60 Å². The van der Waals surface area contributed by atoms with Gasteiger partial charge in [-0.05, 0) is 12.1 Å². The predicted octanol–water partition coefficient (Wildman–Crippen LogP) is -0.601. The minimum atomic E-state index is -0.846. The molecule has 0 aromatic carbocycles. The second-order valence-electron chi connectivity index (χ2n) is 4.26. The van der Waals surface area contributed by atoms with Gasteiger partial charge >= 0.3 is 0 Å². The zero-order chi connectivity index (χ0) is 13.0. The monoisotopic (exact) mass is 252 g/mol. The van der Waals surface area contributed by atoms with Gasteiger partial charge in [0.25, 0.3) is 5.91 Å². The van der Waals surface area contributed by atoms with Crippen molar-refractivity contribution < 1.29 is 14.6 Å². The first kappa shape index (κ1) is 12.7. The van der Waals surface area contributed by atoms with Crippen molar-refractivity contribution in [1.29, 1.82) is 0 Å². The van der Waals surface area contributed by atoms with Crippen LogP contribution in [0.4, 0.5) is 5.82 Å². The highest BCUT2D eigenvalue weighted by Crippen LogP contribution is 2.18. The third-order valence-corrected chi connectivity index (χ3v) is 2.81. The molecule has 1 aromatic heterocycles. The minimum absolute atomic E-state index is 0.256. The number of amides is 1. The van der Waals surface area contributed by atoms with Gasteiger partial charge in [0.2, 0.25) is 0 Å². The number of hydrogen-bond donors (Lipinski definition) is 3. The Balaban J connectivity index is 1.92. The maximum Gasteiger partial charge on any atom is 0.271 e. The van der Waals surface area contributed by atoms with E-state index in [1.54, 1.807) is 12.1 Å². The van der Waals surface area contributed by atoms with Crippen LogP contribution < -0.4 is 10.6 Å². The zero-order valence-corrected chi connectivity index (χ0v) is 10.1. The fraction of sp³-hybridized carbons (Fsp3) is 0.545. The molecule has 3 N–H and O–H groups in total. The van der Waals surface area contributed by atoms with Crippen LogP contribution in [0.3, 0.4) is 0 Å². The second kappa shape index (κ2) is 5.28. The maximum atomic E-state index is 11.3. The molecule has 0 spiro atoms. The standard InChI is InChI=1S/C11H16N4O3/c1-12-10(16)8-2-3-9(15-14-8)13-6-11(17)4-5-18-7-11/h2-3,17H,4-7H2,1H3,(H,12,16)(H,13,15). The summed E-state index contributed by atoms with van der Waals surface area (Å²) in [7, 11) is 1.53. The van der Waals surface area contributed by atoms with E-state index in [0.29, 0.717) is 32.0 Å². The van der Waals surface area contributed by atoms with Gasteiger partial charge in [0.15, 0.2) is 5.69 Å². The van der Waals surface area contributed by atoms with Crippen LogP contribution in [0.1, 0.15) is 16.9 Å². The summed E-state index contributed by atoms with van der Waals surface area (Å²) in [6.07, 6.45) is 0.601. The van der Waals surface area contributed by atoms with Crippen molar-refractivity contribution in [3.8, 4) is 0 Å². The quantitative estimate of drug-likeness (QED) is 0.662. The number of aliphatic hydroxyl groups is 1. The summed E-state index contributed by atoms with van der Waals surface area (Å²) in [6.45, 7) is 1.24. The van der Waals surface area contributed by atoms with Crippen LogP contribution in [0.25, 0.3) is 0 Å². The van der Waals surface area contributed by atoms with Crippen LogP contribution >= 0.6 is 0 Å². The molecule has 1 saturated heterocycles. The molecule has 0 saturated carbocycles. The molecule has 1 aliphatic heterocycles. The molecule has 1 aliphatic rings.